The quantitative estimate of drug-likeness (QED) is 0.911. The summed E-state index contributed by atoms with van der Waals surface area (Å²) in [7, 11) is 0. The van der Waals surface area contributed by atoms with Gasteiger partial charge in [-0.1, -0.05) is 23.2 Å². The Morgan fingerprint density at radius 3 is 2.60 bits per heavy atom. The van der Waals surface area contributed by atoms with Gasteiger partial charge in [0.1, 0.15) is 12.2 Å². The second-order valence-electron chi connectivity index (χ2n) is 4.00. The summed E-state index contributed by atoms with van der Waals surface area (Å²) in [5.41, 5.74) is 0.728. The van der Waals surface area contributed by atoms with Crippen molar-refractivity contribution in [2.75, 3.05) is 5.32 Å². The van der Waals surface area contributed by atoms with E-state index in [1.165, 1.54) is 22.9 Å². The number of carboxylic acids is 1. The fourth-order valence-corrected chi connectivity index (χ4v) is 1.97. The minimum atomic E-state index is -1.02. The van der Waals surface area contributed by atoms with Crippen LogP contribution in [-0.4, -0.2) is 21.6 Å². The number of nitrogens with one attached hydrogen (secondary N) is 1. The van der Waals surface area contributed by atoms with Crippen LogP contribution in [0.5, 0.6) is 0 Å². The molecule has 0 aliphatic heterocycles. The lowest BCUT2D eigenvalue weighted by molar-refractivity contribution is -0.137. The maximum atomic E-state index is 12.1. The first kappa shape index (κ1) is 14.4. The molecule has 1 heterocycles. The van der Waals surface area contributed by atoms with Crippen molar-refractivity contribution in [1.29, 1.82) is 0 Å². The maximum Gasteiger partial charge on any atom is 0.323 e. The van der Waals surface area contributed by atoms with Crippen LogP contribution in [0.15, 0.2) is 36.5 Å². The SMILES string of the molecule is O=C(O)Cn1cccc1C(=O)Nc1ccc(Cl)c(Cl)c1. The molecular weight excluding hydrogens is 303 g/mol. The first-order valence-electron chi connectivity index (χ1n) is 5.60. The molecule has 20 heavy (non-hydrogen) atoms. The van der Waals surface area contributed by atoms with Crippen LogP contribution in [0.2, 0.25) is 10.0 Å². The zero-order valence-corrected chi connectivity index (χ0v) is 11.6. The molecule has 0 spiro atoms. The lowest BCUT2D eigenvalue weighted by atomic mass is 10.3. The number of carboxylic acid groups (broad SMARTS) is 1. The van der Waals surface area contributed by atoms with E-state index in [1.807, 2.05) is 0 Å². The maximum absolute atomic E-state index is 12.1. The van der Waals surface area contributed by atoms with Crippen molar-refractivity contribution in [3.8, 4) is 0 Å². The Morgan fingerprint density at radius 2 is 1.95 bits per heavy atom. The van der Waals surface area contributed by atoms with Gasteiger partial charge in [0.15, 0.2) is 0 Å². The highest BCUT2D eigenvalue weighted by Gasteiger charge is 2.13. The van der Waals surface area contributed by atoms with Gasteiger partial charge < -0.3 is 15.0 Å². The third kappa shape index (κ3) is 3.31. The van der Waals surface area contributed by atoms with E-state index in [4.69, 9.17) is 28.3 Å². The van der Waals surface area contributed by atoms with Gasteiger partial charge in [-0.25, -0.2) is 0 Å². The molecule has 0 radical (unpaired) electrons. The molecule has 5 nitrogen and oxygen atoms in total. The van der Waals surface area contributed by atoms with Gasteiger partial charge in [0.05, 0.1) is 10.0 Å². The second kappa shape index (κ2) is 5.98. The lowest BCUT2D eigenvalue weighted by Crippen LogP contribution is -2.19. The number of carbonyl (C=O) groups excluding carboxylic acids is 1. The largest absolute Gasteiger partial charge is 0.480 e. The van der Waals surface area contributed by atoms with Gasteiger partial charge in [-0.05, 0) is 30.3 Å². The molecule has 0 atom stereocenters. The molecule has 0 saturated heterocycles. The number of carbonyl (C=O) groups is 2. The Balaban J connectivity index is 2.17. The fourth-order valence-electron chi connectivity index (χ4n) is 1.67. The number of halogens is 2. The Bertz CT molecular complexity index is 667. The minimum Gasteiger partial charge on any atom is -0.480 e. The third-order valence-electron chi connectivity index (χ3n) is 2.55. The third-order valence-corrected chi connectivity index (χ3v) is 3.28. The Hall–Kier alpha value is -1.98. The van der Waals surface area contributed by atoms with E-state index < -0.39 is 11.9 Å². The zero-order valence-electron chi connectivity index (χ0n) is 10.1. The fraction of sp³-hybridized carbons (Fsp3) is 0.0769. The molecule has 2 aromatic rings. The zero-order chi connectivity index (χ0) is 14.7. The van der Waals surface area contributed by atoms with Crippen LogP contribution in [-0.2, 0) is 11.3 Å². The number of anilines is 1. The van der Waals surface area contributed by atoms with Gasteiger partial charge in [-0.15, -0.1) is 0 Å². The van der Waals surface area contributed by atoms with Crippen LogP contribution < -0.4 is 5.32 Å². The van der Waals surface area contributed by atoms with Crippen molar-refractivity contribution in [3.05, 3.63) is 52.3 Å². The number of benzene rings is 1. The molecule has 0 fully saturated rings. The van der Waals surface area contributed by atoms with Crippen molar-refractivity contribution in [3.63, 3.8) is 0 Å². The van der Waals surface area contributed by atoms with E-state index in [0.717, 1.165) is 0 Å². The summed E-state index contributed by atoms with van der Waals surface area (Å²) in [6.45, 7) is -0.281. The average molecular weight is 313 g/mol. The predicted molar refractivity (Wildman–Crippen MR) is 76.5 cm³/mol. The summed E-state index contributed by atoms with van der Waals surface area (Å²) in [6, 6.07) is 7.83. The number of nitrogens with zero attached hydrogens (tertiary/aromatic N) is 1. The number of hydrogen-bond acceptors (Lipinski definition) is 2. The summed E-state index contributed by atoms with van der Waals surface area (Å²) in [6.07, 6.45) is 1.53. The second-order valence-corrected chi connectivity index (χ2v) is 4.81. The first-order valence-corrected chi connectivity index (χ1v) is 6.36. The molecule has 2 rings (SSSR count). The van der Waals surface area contributed by atoms with E-state index in [2.05, 4.69) is 5.32 Å². The normalized spacial score (nSPS) is 10.3. The van der Waals surface area contributed by atoms with Crippen LogP contribution in [0, 0.1) is 0 Å². The average Bonchev–Trinajstić information content (AvgIpc) is 2.81. The van der Waals surface area contributed by atoms with Crippen LogP contribution in [0.3, 0.4) is 0 Å². The molecule has 0 aliphatic carbocycles. The number of amides is 1. The van der Waals surface area contributed by atoms with Crippen LogP contribution in [0.4, 0.5) is 5.69 Å². The summed E-state index contributed by atoms with van der Waals surface area (Å²) in [5, 5.41) is 12.1. The highest BCUT2D eigenvalue weighted by molar-refractivity contribution is 6.42. The molecule has 104 valence electrons. The van der Waals surface area contributed by atoms with Gasteiger partial charge in [0.25, 0.3) is 5.91 Å². The molecule has 2 N–H and O–H groups in total. The molecule has 1 aromatic heterocycles. The van der Waals surface area contributed by atoms with Crippen LogP contribution in [0.25, 0.3) is 0 Å². The highest BCUT2D eigenvalue weighted by atomic mass is 35.5. The van der Waals surface area contributed by atoms with Crippen molar-refractivity contribution in [1.82, 2.24) is 4.57 Å². The number of aliphatic carboxylic acids is 1. The number of hydrogen-bond donors (Lipinski definition) is 2. The lowest BCUT2D eigenvalue weighted by Gasteiger charge is -2.08. The summed E-state index contributed by atoms with van der Waals surface area (Å²) in [4.78, 5) is 22.8. The van der Waals surface area contributed by atoms with E-state index in [-0.39, 0.29) is 12.2 Å². The van der Waals surface area contributed by atoms with Gasteiger partial charge in [-0.2, -0.15) is 0 Å². The highest BCUT2D eigenvalue weighted by Crippen LogP contribution is 2.25. The Morgan fingerprint density at radius 1 is 1.20 bits per heavy atom. The van der Waals surface area contributed by atoms with E-state index in [1.54, 1.807) is 18.2 Å². The van der Waals surface area contributed by atoms with Crippen LogP contribution >= 0.6 is 23.2 Å². The first-order chi connectivity index (χ1) is 9.47. The standard InChI is InChI=1S/C13H10Cl2N2O3/c14-9-4-3-8(6-10(9)15)16-13(20)11-2-1-5-17(11)7-12(18)19/h1-6H,7H2,(H,16,20)(H,18,19). The molecule has 1 amide bonds. The summed E-state index contributed by atoms with van der Waals surface area (Å²) in [5.74, 6) is -1.44. The van der Waals surface area contributed by atoms with Crippen molar-refractivity contribution >= 4 is 40.8 Å². The Labute approximate surface area is 124 Å². The van der Waals surface area contributed by atoms with Crippen molar-refractivity contribution < 1.29 is 14.7 Å². The molecule has 0 unspecified atom stereocenters. The molecule has 1 aromatic carbocycles. The van der Waals surface area contributed by atoms with E-state index >= 15 is 0 Å². The number of aromatic nitrogens is 1. The van der Waals surface area contributed by atoms with Crippen molar-refractivity contribution in [2.24, 2.45) is 0 Å². The monoisotopic (exact) mass is 312 g/mol. The topological polar surface area (TPSA) is 71.3 Å². The van der Waals surface area contributed by atoms with Crippen molar-refractivity contribution in [2.45, 2.75) is 6.54 Å². The molecule has 0 aliphatic rings. The van der Waals surface area contributed by atoms with Gasteiger partial charge in [0, 0.05) is 11.9 Å². The number of rotatable bonds is 4. The van der Waals surface area contributed by atoms with Gasteiger partial charge in [0.2, 0.25) is 0 Å². The van der Waals surface area contributed by atoms with Gasteiger partial charge >= 0.3 is 5.97 Å². The molecule has 0 saturated carbocycles. The minimum absolute atomic E-state index is 0.249. The van der Waals surface area contributed by atoms with E-state index in [9.17, 15) is 9.59 Å². The summed E-state index contributed by atoms with van der Waals surface area (Å²) >= 11 is 11.6. The van der Waals surface area contributed by atoms with E-state index in [0.29, 0.717) is 15.7 Å². The van der Waals surface area contributed by atoms with Gasteiger partial charge in [-0.3, -0.25) is 9.59 Å². The Kier molecular flexibility index (Phi) is 4.32. The molecule has 0 bridgehead atoms. The molecular formula is C13H10Cl2N2O3. The molecule has 7 heteroatoms. The summed E-state index contributed by atoms with van der Waals surface area (Å²) < 4.78 is 1.34. The predicted octanol–water partition coefficient (Wildman–Crippen LogP) is 3.13. The smallest absolute Gasteiger partial charge is 0.323 e. The van der Waals surface area contributed by atoms with Crippen LogP contribution in [0.1, 0.15) is 10.5 Å².